The highest BCUT2D eigenvalue weighted by atomic mass is 32.2. The van der Waals surface area contributed by atoms with Crippen LogP contribution in [0.15, 0.2) is 52.2 Å². The minimum absolute atomic E-state index is 0.0463. The van der Waals surface area contributed by atoms with Gasteiger partial charge in [-0.3, -0.25) is 4.79 Å². The van der Waals surface area contributed by atoms with Crippen LogP contribution in [0, 0.1) is 0 Å². The van der Waals surface area contributed by atoms with Crippen LogP contribution in [0.1, 0.15) is 30.4 Å². The van der Waals surface area contributed by atoms with Crippen LogP contribution in [0.3, 0.4) is 0 Å². The Morgan fingerprint density at radius 1 is 1.08 bits per heavy atom. The molecule has 0 aliphatic carbocycles. The normalized spacial score (nSPS) is 15.4. The number of furan rings is 1. The van der Waals surface area contributed by atoms with Gasteiger partial charge in [-0.05, 0) is 43.0 Å². The van der Waals surface area contributed by atoms with Gasteiger partial charge in [0.25, 0.3) is 0 Å². The van der Waals surface area contributed by atoms with Crippen LogP contribution in [0.5, 0.6) is 0 Å². The van der Waals surface area contributed by atoms with Gasteiger partial charge in [0.15, 0.2) is 0 Å². The fourth-order valence-corrected chi connectivity index (χ4v) is 4.36. The third-order valence-electron chi connectivity index (χ3n) is 4.34. The van der Waals surface area contributed by atoms with Crippen molar-refractivity contribution in [2.75, 3.05) is 13.1 Å². The molecule has 0 atom stereocenters. The van der Waals surface area contributed by atoms with Gasteiger partial charge in [-0.2, -0.15) is 4.31 Å². The Morgan fingerprint density at radius 2 is 1.80 bits per heavy atom. The van der Waals surface area contributed by atoms with E-state index < -0.39 is 10.0 Å². The molecule has 0 spiro atoms. The third kappa shape index (κ3) is 4.49. The van der Waals surface area contributed by atoms with Crippen molar-refractivity contribution in [3.8, 4) is 0 Å². The summed E-state index contributed by atoms with van der Waals surface area (Å²) in [6.45, 7) is 1.64. The minimum atomic E-state index is -3.38. The summed E-state index contributed by atoms with van der Waals surface area (Å²) in [5, 5.41) is 2.83. The Kier molecular flexibility index (Phi) is 5.55. The van der Waals surface area contributed by atoms with Gasteiger partial charge < -0.3 is 9.73 Å². The van der Waals surface area contributed by atoms with Gasteiger partial charge in [-0.25, -0.2) is 8.42 Å². The predicted molar refractivity (Wildman–Crippen MR) is 93.3 cm³/mol. The van der Waals surface area contributed by atoms with Crippen molar-refractivity contribution < 1.29 is 17.6 Å². The van der Waals surface area contributed by atoms with Crippen LogP contribution in [0.25, 0.3) is 0 Å². The maximum Gasteiger partial charge on any atom is 0.243 e. The van der Waals surface area contributed by atoms with Crippen molar-refractivity contribution in [3.63, 3.8) is 0 Å². The molecule has 0 saturated carbocycles. The number of nitrogens with zero attached hydrogens (tertiary/aromatic N) is 1. The molecule has 6 nitrogen and oxygen atoms in total. The Labute approximate surface area is 147 Å². The summed E-state index contributed by atoms with van der Waals surface area (Å²) in [5.41, 5.74) is 1.86. The summed E-state index contributed by atoms with van der Waals surface area (Å²) in [4.78, 5) is 12.2. The number of hydrogen-bond donors (Lipinski definition) is 1. The van der Waals surface area contributed by atoms with Gasteiger partial charge in [0.2, 0.25) is 15.9 Å². The van der Waals surface area contributed by atoms with E-state index in [1.165, 1.54) is 4.31 Å². The summed E-state index contributed by atoms with van der Waals surface area (Å²) in [7, 11) is -3.38. The van der Waals surface area contributed by atoms with E-state index >= 15 is 0 Å². The molecule has 0 radical (unpaired) electrons. The van der Waals surface area contributed by atoms with Crippen LogP contribution in [-0.2, 0) is 27.8 Å². The lowest BCUT2D eigenvalue weighted by atomic mass is 10.1. The lowest BCUT2D eigenvalue weighted by Gasteiger charge is -2.15. The number of rotatable bonds is 7. The second-order valence-corrected chi connectivity index (χ2v) is 8.10. The highest BCUT2D eigenvalue weighted by Crippen LogP contribution is 2.21. The van der Waals surface area contributed by atoms with Crippen molar-refractivity contribution >= 4 is 15.9 Å². The first kappa shape index (κ1) is 17.7. The fourth-order valence-electron chi connectivity index (χ4n) is 2.85. The number of nitrogens with one attached hydrogen (secondary N) is 1. The second kappa shape index (κ2) is 7.84. The Morgan fingerprint density at radius 3 is 2.44 bits per heavy atom. The number of carbonyl (C=O) groups is 1. The van der Waals surface area contributed by atoms with Gasteiger partial charge >= 0.3 is 0 Å². The quantitative estimate of drug-likeness (QED) is 0.820. The lowest BCUT2D eigenvalue weighted by molar-refractivity contribution is -0.121. The molecular formula is C18H22N2O4S. The SMILES string of the molecule is O=C(CCc1ccc(S(=O)(=O)N2CCCC2)cc1)NCc1ccoc1. The number of aryl methyl sites for hydroxylation is 1. The average Bonchev–Trinajstić information content (AvgIpc) is 3.32. The smallest absolute Gasteiger partial charge is 0.243 e. The zero-order valence-corrected chi connectivity index (χ0v) is 14.8. The van der Waals surface area contributed by atoms with E-state index in [9.17, 15) is 13.2 Å². The van der Waals surface area contributed by atoms with E-state index in [2.05, 4.69) is 5.32 Å². The molecule has 2 aromatic rings. The summed E-state index contributed by atoms with van der Waals surface area (Å²) >= 11 is 0. The lowest BCUT2D eigenvalue weighted by Crippen LogP contribution is -2.27. The molecule has 1 aliphatic rings. The van der Waals surface area contributed by atoms with Gasteiger partial charge in [-0.1, -0.05) is 12.1 Å². The summed E-state index contributed by atoms with van der Waals surface area (Å²) in [5.74, 6) is -0.0463. The van der Waals surface area contributed by atoms with E-state index in [4.69, 9.17) is 4.42 Å². The Bertz CT molecular complexity index is 792. The molecule has 1 amide bonds. The summed E-state index contributed by atoms with van der Waals surface area (Å²) < 4.78 is 31.4. The molecular weight excluding hydrogens is 340 g/mol. The van der Waals surface area contributed by atoms with Crippen molar-refractivity contribution in [1.82, 2.24) is 9.62 Å². The topological polar surface area (TPSA) is 79.6 Å². The molecule has 0 bridgehead atoms. The average molecular weight is 362 g/mol. The molecule has 25 heavy (non-hydrogen) atoms. The van der Waals surface area contributed by atoms with E-state index in [0.29, 0.717) is 37.4 Å². The number of carbonyl (C=O) groups excluding carboxylic acids is 1. The zero-order valence-electron chi connectivity index (χ0n) is 14.0. The maximum atomic E-state index is 12.5. The number of sulfonamides is 1. The van der Waals surface area contributed by atoms with Crippen LogP contribution in [0.4, 0.5) is 0 Å². The molecule has 1 aromatic carbocycles. The van der Waals surface area contributed by atoms with Gasteiger partial charge in [0.1, 0.15) is 0 Å². The first-order chi connectivity index (χ1) is 12.1. The van der Waals surface area contributed by atoms with E-state index in [0.717, 1.165) is 24.0 Å². The molecule has 1 aromatic heterocycles. The molecule has 0 unspecified atom stereocenters. The fraction of sp³-hybridized carbons (Fsp3) is 0.389. The highest BCUT2D eigenvalue weighted by molar-refractivity contribution is 7.89. The summed E-state index contributed by atoms with van der Waals surface area (Å²) in [6, 6.07) is 8.64. The molecule has 3 rings (SSSR count). The number of amides is 1. The van der Waals surface area contributed by atoms with Gasteiger partial charge in [-0.15, -0.1) is 0 Å². The Balaban J connectivity index is 1.51. The van der Waals surface area contributed by atoms with Crippen LogP contribution >= 0.6 is 0 Å². The standard InChI is InChI=1S/C18H22N2O4S/c21-18(19-13-16-9-12-24-14-16)8-5-15-3-6-17(7-4-15)25(22,23)20-10-1-2-11-20/h3-4,6-7,9,12,14H,1-2,5,8,10-11,13H2,(H,19,21). The predicted octanol–water partition coefficient (Wildman–Crippen LogP) is 2.31. The number of hydrogen-bond acceptors (Lipinski definition) is 4. The minimum Gasteiger partial charge on any atom is -0.472 e. The molecule has 1 fully saturated rings. The van der Waals surface area contributed by atoms with Crippen molar-refractivity contribution in [3.05, 3.63) is 54.0 Å². The van der Waals surface area contributed by atoms with E-state index in [-0.39, 0.29) is 5.91 Å². The second-order valence-electron chi connectivity index (χ2n) is 6.16. The largest absolute Gasteiger partial charge is 0.472 e. The Hall–Kier alpha value is -2.12. The van der Waals surface area contributed by atoms with Gasteiger partial charge in [0.05, 0.1) is 17.4 Å². The molecule has 7 heteroatoms. The van der Waals surface area contributed by atoms with E-state index in [1.807, 2.05) is 0 Å². The molecule has 134 valence electrons. The van der Waals surface area contributed by atoms with Crippen LogP contribution in [-0.4, -0.2) is 31.7 Å². The van der Waals surface area contributed by atoms with Crippen LogP contribution in [0.2, 0.25) is 0 Å². The molecule has 1 N–H and O–H groups in total. The molecule has 1 aliphatic heterocycles. The first-order valence-corrected chi connectivity index (χ1v) is 9.86. The zero-order chi connectivity index (χ0) is 17.7. The third-order valence-corrected chi connectivity index (χ3v) is 6.25. The number of benzene rings is 1. The molecule has 1 saturated heterocycles. The summed E-state index contributed by atoms with van der Waals surface area (Å²) in [6.07, 6.45) is 5.94. The monoisotopic (exact) mass is 362 g/mol. The van der Waals surface area contributed by atoms with Crippen LogP contribution < -0.4 is 5.32 Å². The maximum absolute atomic E-state index is 12.5. The van der Waals surface area contributed by atoms with Crippen molar-refractivity contribution in [2.45, 2.75) is 37.1 Å². The van der Waals surface area contributed by atoms with E-state index in [1.54, 1.807) is 42.9 Å². The highest BCUT2D eigenvalue weighted by Gasteiger charge is 2.26. The van der Waals surface area contributed by atoms with Crippen molar-refractivity contribution in [1.29, 1.82) is 0 Å². The first-order valence-electron chi connectivity index (χ1n) is 8.42. The molecule has 2 heterocycles. The van der Waals surface area contributed by atoms with Gasteiger partial charge in [0, 0.05) is 31.6 Å². The van der Waals surface area contributed by atoms with Crippen molar-refractivity contribution in [2.24, 2.45) is 0 Å².